The molecule has 1 aromatic carbocycles. The van der Waals surface area contributed by atoms with Gasteiger partial charge in [0.1, 0.15) is 0 Å². The van der Waals surface area contributed by atoms with Gasteiger partial charge in [0, 0.05) is 18.8 Å². The van der Waals surface area contributed by atoms with Gasteiger partial charge in [-0.2, -0.15) is 4.31 Å². The quantitative estimate of drug-likeness (QED) is 0.619. The summed E-state index contributed by atoms with van der Waals surface area (Å²) in [6, 6.07) is 6.87. The number of anilines is 1. The van der Waals surface area contributed by atoms with Crippen LogP contribution >= 0.6 is 0 Å². The van der Waals surface area contributed by atoms with Crippen LogP contribution in [0.4, 0.5) is 5.69 Å². The number of nitrogens with two attached hydrogens (primary N) is 1. The minimum absolute atomic E-state index is 0.00500. The SMILES string of the molecule is C=CCN(CC)S(=O)(=O)Cc1ccc(N)cc1. The summed E-state index contributed by atoms with van der Waals surface area (Å²) < 4.78 is 25.5. The molecule has 0 saturated carbocycles. The van der Waals surface area contributed by atoms with Gasteiger partial charge in [0.2, 0.25) is 10.0 Å². The first-order valence-corrected chi connectivity index (χ1v) is 7.03. The molecule has 4 nitrogen and oxygen atoms in total. The average Bonchev–Trinajstić information content (AvgIpc) is 2.28. The molecule has 0 aliphatic carbocycles. The highest BCUT2D eigenvalue weighted by molar-refractivity contribution is 7.88. The molecule has 2 N–H and O–H groups in total. The van der Waals surface area contributed by atoms with E-state index >= 15 is 0 Å². The van der Waals surface area contributed by atoms with Crippen molar-refractivity contribution in [2.75, 3.05) is 18.8 Å². The monoisotopic (exact) mass is 254 g/mol. The van der Waals surface area contributed by atoms with Crippen molar-refractivity contribution in [2.24, 2.45) is 0 Å². The Hall–Kier alpha value is -1.33. The van der Waals surface area contributed by atoms with Gasteiger partial charge in [-0.05, 0) is 17.7 Å². The van der Waals surface area contributed by atoms with Crippen LogP contribution in [0.3, 0.4) is 0 Å². The van der Waals surface area contributed by atoms with Gasteiger partial charge in [0.25, 0.3) is 0 Å². The summed E-state index contributed by atoms with van der Waals surface area (Å²) in [5, 5.41) is 0. The Morgan fingerprint density at radius 2 is 1.94 bits per heavy atom. The number of likely N-dealkylation sites (N-methyl/N-ethyl adjacent to an activating group) is 1. The number of hydrogen-bond donors (Lipinski definition) is 1. The molecular weight excluding hydrogens is 236 g/mol. The molecule has 0 saturated heterocycles. The first-order valence-electron chi connectivity index (χ1n) is 5.42. The molecule has 0 fully saturated rings. The third kappa shape index (κ3) is 3.87. The van der Waals surface area contributed by atoms with E-state index in [0.717, 1.165) is 5.56 Å². The van der Waals surface area contributed by atoms with Gasteiger partial charge in [0.15, 0.2) is 0 Å². The summed E-state index contributed by atoms with van der Waals surface area (Å²) in [6.45, 7) is 6.16. The third-order valence-corrected chi connectivity index (χ3v) is 4.30. The van der Waals surface area contributed by atoms with Crippen molar-refractivity contribution < 1.29 is 8.42 Å². The molecule has 0 radical (unpaired) electrons. The summed E-state index contributed by atoms with van der Waals surface area (Å²) in [4.78, 5) is 0. The predicted octanol–water partition coefficient (Wildman–Crippen LogP) is 1.61. The van der Waals surface area contributed by atoms with Gasteiger partial charge in [0.05, 0.1) is 5.75 Å². The number of hydrogen-bond acceptors (Lipinski definition) is 3. The Bertz CT molecular complexity index is 466. The number of sulfonamides is 1. The van der Waals surface area contributed by atoms with Crippen LogP contribution in [0.15, 0.2) is 36.9 Å². The lowest BCUT2D eigenvalue weighted by atomic mass is 10.2. The smallest absolute Gasteiger partial charge is 0.218 e. The minimum Gasteiger partial charge on any atom is -0.399 e. The van der Waals surface area contributed by atoms with Gasteiger partial charge in [-0.1, -0.05) is 25.1 Å². The molecule has 0 heterocycles. The lowest BCUT2D eigenvalue weighted by Crippen LogP contribution is -2.32. The first kappa shape index (κ1) is 13.7. The summed E-state index contributed by atoms with van der Waals surface area (Å²) in [6.07, 6.45) is 1.59. The fraction of sp³-hybridized carbons (Fsp3) is 0.333. The molecule has 1 aromatic rings. The first-order chi connectivity index (χ1) is 7.99. The molecule has 17 heavy (non-hydrogen) atoms. The number of nitrogen functional groups attached to an aromatic ring is 1. The average molecular weight is 254 g/mol. The fourth-order valence-corrected chi connectivity index (χ4v) is 3.02. The third-order valence-electron chi connectivity index (χ3n) is 2.41. The maximum absolute atomic E-state index is 12.1. The number of nitrogens with zero attached hydrogens (tertiary/aromatic N) is 1. The van der Waals surface area contributed by atoms with E-state index in [2.05, 4.69) is 6.58 Å². The molecule has 0 unspecified atom stereocenters. The lowest BCUT2D eigenvalue weighted by Gasteiger charge is -2.18. The van der Waals surface area contributed by atoms with Crippen LogP contribution in [-0.2, 0) is 15.8 Å². The van der Waals surface area contributed by atoms with Crippen molar-refractivity contribution in [1.29, 1.82) is 0 Å². The van der Waals surface area contributed by atoms with Crippen LogP contribution in [0, 0.1) is 0 Å². The van der Waals surface area contributed by atoms with E-state index in [0.29, 0.717) is 18.8 Å². The standard InChI is InChI=1S/C12H18N2O2S/c1-3-9-14(4-2)17(15,16)10-11-5-7-12(13)8-6-11/h3,5-8H,1,4,9-10,13H2,2H3. The molecule has 94 valence electrons. The van der Waals surface area contributed by atoms with Crippen molar-refractivity contribution >= 4 is 15.7 Å². The van der Waals surface area contributed by atoms with E-state index in [1.807, 2.05) is 6.92 Å². The van der Waals surface area contributed by atoms with Crippen molar-refractivity contribution in [3.8, 4) is 0 Å². The van der Waals surface area contributed by atoms with Crippen LogP contribution in [0.1, 0.15) is 12.5 Å². The minimum atomic E-state index is -3.28. The summed E-state index contributed by atoms with van der Waals surface area (Å²) in [7, 11) is -3.28. The largest absolute Gasteiger partial charge is 0.399 e. The normalized spacial score (nSPS) is 11.6. The highest BCUT2D eigenvalue weighted by atomic mass is 32.2. The van der Waals surface area contributed by atoms with Crippen molar-refractivity contribution in [1.82, 2.24) is 4.31 Å². The molecule has 0 aliphatic heterocycles. The molecule has 5 heteroatoms. The van der Waals surface area contributed by atoms with E-state index in [-0.39, 0.29) is 5.75 Å². The van der Waals surface area contributed by atoms with Crippen molar-refractivity contribution in [2.45, 2.75) is 12.7 Å². The molecule has 0 spiro atoms. The molecule has 0 amide bonds. The second kappa shape index (κ2) is 5.84. The van der Waals surface area contributed by atoms with E-state index in [9.17, 15) is 8.42 Å². The van der Waals surface area contributed by atoms with E-state index in [4.69, 9.17) is 5.73 Å². The lowest BCUT2D eigenvalue weighted by molar-refractivity contribution is 0.459. The van der Waals surface area contributed by atoms with Gasteiger partial charge in [-0.3, -0.25) is 0 Å². The predicted molar refractivity (Wildman–Crippen MR) is 70.9 cm³/mol. The van der Waals surface area contributed by atoms with Crippen LogP contribution in [0.25, 0.3) is 0 Å². The second-order valence-electron chi connectivity index (χ2n) is 3.74. The summed E-state index contributed by atoms with van der Waals surface area (Å²) >= 11 is 0. The van der Waals surface area contributed by atoms with E-state index in [1.165, 1.54) is 4.31 Å². The van der Waals surface area contributed by atoms with Crippen LogP contribution in [0.5, 0.6) is 0 Å². The number of rotatable bonds is 6. The van der Waals surface area contributed by atoms with Crippen LogP contribution in [0.2, 0.25) is 0 Å². The zero-order valence-electron chi connectivity index (χ0n) is 9.96. The van der Waals surface area contributed by atoms with Gasteiger partial charge in [-0.25, -0.2) is 8.42 Å². The van der Waals surface area contributed by atoms with Crippen LogP contribution in [-0.4, -0.2) is 25.8 Å². The molecule has 0 bridgehead atoms. The van der Waals surface area contributed by atoms with Gasteiger partial charge >= 0.3 is 0 Å². The number of benzene rings is 1. The highest BCUT2D eigenvalue weighted by Gasteiger charge is 2.19. The summed E-state index contributed by atoms with van der Waals surface area (Å²) in [5.41, 5.74) is 6.92. The highest BCUT2D eigenvalue weighted by Crippen LogP contribution is 2.12. The summed E-state index contributed by atoms with van der Waals surface area (Å²) in [5.74, 6) is -0.00500. The Balaban J connectivity index is 2.84. The van der Waals surface area contributed by atoms with Crippen molar-refractivity contribution in [3.05, 3.63) is 42.5 Å². The Labute approximate surface area is 103 Å². The van der Waals surface area contributed by atoms with Gasteiger partial charge < -0.3 is 5.73 Å². The molecule has 1 rings (SSSR count). The Morgan fingerprint density at radius 3 is 2.41 bits per heavy atom. The molecule has 0 aromatic heterocycles. The maximum atomic E-state index is 12.1. The second-order valence-corrected chi connectivity index (χ2v) is 5.71. The fourth-order valence-electron chi connectivity index (χ4n) is 1.50. The zero-order valence-corrected chi connectivity index (χ0v) is 10.8. The molecular formula is C12H18N2O2S. The Kier molecular flexibility index (Phi) is 4.72. The molecule has 0 aliphatic rings. The zero-order chi connectivity index (χ0) is 12.9. The Morgan fingerprint density at radius 1 is 1.35 bits per heavy atom. The van der Waals surface area contributed by atoms with Gasteiger partial charge in [-0.15, -0.1) is 6.58 Å². The van der Waals surface area contributed by atoms with Crippen LogP contribution < -0.4 is 5.73 Å². The maximum Gasteiger partial charge on any atom is 0.218 e. The topological polar surface area (TPSA) is 63.4 Å². The van der Waals surface area contributed by atoms with Crippen molar-refractivity contribution in [3.63, 3.8) is 0 Å². The van der Waals surface area contributed by atoms with E-state index in [1.54, 1.807) is 30.3 Å². The molecule has 0 atom stereocenters. The van der Waals surface area contributed by atoms with E-state index < -0.39 is 10.0 Å².